The molecule has 9 heteroatoms. The van der Waals surface area contributed by atoms with Gasteiger partial charge in [-0.05, 0) is 18.6 Å². The van der Waals surface area contributed by atoms with Gasteiger partial charge in [0, 0.05) is 25.8 Å². The Hall–Kier alpha value is -1.26. The molecule has 1 aromatic carbocycles. The molecule has 2 atom stereocenters. The topological polar surface area (TPSA) is 77.1 Å². The molecule has 2 aliphatic heterocycles. The molecular formula is C15H21FN2O5S. The van der Waals surface area contributed by atoms with Crippen LogP contribution in [0.4, 0.5) is 4.39 Å². The first-order valence-electron chi connectivity index (χ1n) is 7.90. The highest BCUT2D eigenvalue weighted by Gasteiger charge is 2.34. The molecule has 0 saturated carbocycles. The summed E-state index contributed by atoms with van der Waals surface area (Å²) < 4.78 is 58.7. The first kappa shape index (κ1) is 17.6. The van der Waals surface area contributed by atoms with Crippen molar-refractivity contribution in [2.24, 2.45) is 0 Å². The Labute approximate surface area is 140 Å². The van der Waals surface area contributed by atoms with Crippen LogP contribution in [0.15, 0.2) is 24.3 Å². The minimum atomic E-state index is -3.62. The summed E-state index contributed by atoms with van der Waals surface area (Å²) in [7, 11) is -3.62. The summed E-state index contributed by atoms with van der Waals surface area (Å²) in [5.41, 5.74) is 0. The van der Waals surface area contributed by atoms with Crippen LogP contribution in [-0.2, 0) is 19.7 Å². The maximum atomic E-state index is 13.3. The maximum absolute atomic E-state index is 13.3. The third-order valence-corrected chi connectivity index (χ3v) is 5.64. The predicted octanol–water partition coefficient (Wildman–Crippen LogP) is 0.529. The maximum Gasteiger partial charge on any atom is 0.279 e. The lowest BCUT2D eigenvalue weighted by atomic mass is 10.1. The second-order valence-electron chi connectivity index (χ2n) is 5.72. The molecule has 3 rings (SSSR count). The second kappa shape index (κ2) is 7.75. The Kier molecular flexibility index (Phi) is 5.67. The Morgan fingerprint density at radius 3 is 2.75 bits per heavy atom. The molecule has 0 bridgehead atoms. The standard InChI is InChI=1S/C15H21FN2O5S/c16-12-2-1-3-13(10-12)23-15-11-22-7-4-14(15)17-24(19,20)18-5-8-21-9-6-18/h1-3,10,14-15,17H,4-9,11H2/t14-,15-/m1/s1. The molecule has 0 amide bonds. The number of benzene rings is 1. The average molecular weight is 360 g/mol. The molecule has 7 nitrogen and oxygen atoms in total. The summed E-state index contributed by atoms with van der Waals surface area (Å²) in [5, 5.41) is 0. The molecule has 0 radical (unpaired) electrons. The van der Waals surface area contributed by atoms with Gasteiger partial charge in [0.2, 0.25) is 0 Å². The van der Waals surface area contributed by atoms with Gasteiger partial charge in [-0.15, -0.1) is 0 Å². The van der Waals surface area contributed by atoms with Crippen LogP contribution < -0.4 is 9.46 Å². The molecule has 0 unspecified atom stereocenters. The fraction of sp³-hybridized carbons (Fsp3) is 0.600. The number of hydrogen-bond donors (Lipinski definition) is 1. The lowest BCUT2D eigenvalue weighted by Gasteiger charge is -2.34. The van der Waals surface area contributed by atoms with Crippen molar-refractivity contribution in [2.75, 3.05) is 39.5 Å². The van der Waals surface area contributed by atoms with Crippen molar-refractivity contribution in [3.05, 3.63) is 30.1 Å². The largest absolute Gasteiger partial charge is 0.486 e. The van der Waals surface area contributed by atoms with E-state index in [2.05, 4.69) is 4.72 Å². The van der Waals surface area contributed by atoms with Gasteiger partial charge in [-0.1, -0.05) is 6.07 Å². The number of halogens is 1. The Bertz CT molecular complexity index is 651. The van der Waals surface area contributed by atoms with Gasteiger partial charge < -0.3 is 14.2 Å². The van der Waals surface area contributed by atoms with Crippen LogP contribution in [0.2, 0.25) is 0 Å². The summed E-state index contributed by atoms with van der Waals surface area (Å²) >= 11 is 0. The van der Waals surface area contributed by atoms with Crippen LogP contribution in [0.25, 0.3) is 0 Å². The molecule has 0 aromatic heterocycles. The Balaban J connectivity index is 1.67. The highest BCUT2D eigenvalue weighted by molar-refractivity contribution is 7.87. The molecule has 1 N–H and O–H groups in total. The highest BCUT2D eigenvalue weighted by atomic mass is 32.2. The highest BCUT2D eigenvalue weighted by Crippen LogP contribution is 2.19. The van der Waals surface area contributed by atoms with Crippen LogP contribution in [0.5, 0.6) is 5.75 Å². The summed E-state index contributed by atoms with van der Waals surface area (Å²) in [4.78, 5) is 0. The van der Waals surface area contributed by atoms with Gasteiger partial charge >= 0.3 is 0 Å². The van der Waals surface area contributed by atoms with Gasteiger partial charge in [-0.3, -0.25) is 0 Å². The van der Waals surface area contributed by atoms with Crippen molar-refractivity contribution in [2.45, 2.75) is 18.6 Å². The third-order valence-electron chi connectivity index (χ3n) is 4.00. The van der Waals surface area contributed by atoms with E-state index < -0.39 is 28.2 Å². The summed E-state index contributed by atoms with van der Waals surface area (Å²) in [6.07, 6.45) is -0.0276. The van der Waals surface area contributed by atoms with Crippen molar-refractivity contribution in [3.8, 4) is 5.75 Å². The van der Waals surface area contributed by atoms with Gasteiger partial charge in [0.1, 0.15) is 17.7 Å². The number of morpholine rings is 1. The van der Waals surface area contributed by atoms with E-state index in [0.29, 0.717) is 45.1 Å². The van der Waals surface area contributed by atoms with Crippen molar-refractivity contribution < 1.29 is 27.0 Å². The van der Waals surface area contributed by atoms with E-state index in [-0.39, 0.29) is 6.61 Å². The van der Waals surface area contributed by atoms with E-state index in [9.17, 15) is 12.8 Å². The molecule has 0 aliphatic carbocycles. The predicted molar refractivity (Wildman–Crippen MR) is 84.5 cm³/mol. The lowest BCUT2D eigenvalue weighted by molar-refractivity contribution is -0.0101. The lowest BCUT2D eigenvalue weighted by Crippen LogP contribution is -2.56. The minimum absolute atomic E-state index is 0.243. The third kappa shape index (κ3) is 4.42. The van der Waals surface area contributed by atoms with Crippen LogP contribution >= 0.6 is 0 Å². The molecule has 2 aliphatic rings. The molecule has 1 aromatic rings. The fourth-order valence-corrected chi connectivity index (χ4v) is 4.16. The van der Waals surface area contributed by atoms with Crippen LogP contribution in [0.1, 0.15) is 6.42 Å². The van der Waals surface area contributed by atoms with E-state index in [1.54, 1.807) is 12.1 Å². The summed E-state index contributed by atoms with van der Waals surface area (Å²) in [5.74, 6) is -0.0595. The monoisotopic (exact) mass is 360 g/mol. The molecule has 2 saturated heterocycles. The van der Waals surface area contributed by atoms with Gasteiger partial charge in [-0.25, -0.2) is 4.39 Å². The van der Waals surface area contributed by atoms with E-state index >= 15 is 0 Å². The number of rotatable bonds is 5. The molecule has 2 fully saturated rings. The number of nitrogens with one attached hydrogen (secondary N) is 1. The molecule has 2 heterocycles. The Morgan fingerprint density at radius 1 is 1.21 bits per heavy atom. The Morgan fingerprint density at radius 2 is 2.00 bits per heavy atom. The molecule has 134 valence electrons. The van der Waals surface area contributed by atoms with Crippen molar-refractivity contribution in [1.82, 2.24) is 9.03 Å². The van der Waals surface area contributed by atoms with Crippen LogP contribution in [0.3, 0.4) is 0 Å². The SMILES string of the molecule is O=S(=O)(N[C@@H]1CCOC[C@H]1Oc1cccc(F)c1)N1CCOCC1. The van der Waals surface area contributed by atoms with Crippen LogP contribution in [0, 0.1) is 5.82 Å². The quantitative estimate of drug-likeness (QED) is 0.829. The molecular weight excluding hydrogens is 339 g/mol. The van der Waals surface area contributed by atoms with Crippen molar-refractivity contribution in [1.29, 1.82) is 0 Å². The minimum Gasteiger partial charge on any atom is -0.486 e. The smallest absolute Gasteiger partial charge is 0.279 e. The normalized spacial score (nSPS) is 26.2. The van der Waals surface area contributed by atoms with Gasteiger partial charge in [0.15, 0.2) is 0 Å². The molecule has 24 heavy (non-hydrogen) atoms. The first-order chi connectivity index (χ1) is 11.5. The van der Waals surface area contributed by atoms with E-state index in [1.807, 2.05) is 0 Å². The summed E-state index contributed by atoms with van der Waals surface area (Å²) in [6, 6.07) is 5.33. The van der Waals surface area contributed by atoms with E-state index in [1.165, 1.54) is 16.4 Å². The van der Waals surface area contributed by atoms with Crippen molar-refractivity contribution in [3.63, 3.8) is 0 Å². The number of ether oxygens (including phenoxy) is 3. The van der Waals surface area contributed by atoms with E-state index in [0.717, 1.165) is 0 Å². The second-order valence-corrected chi connectivity index (χ2v) is 7.42. The zero-order valence-corrected chi connectivity index (χ0v) is 14.0. The zero-order valence-electron chi connectivity index (χ0n) is 13.2. The van der Waals surface area contributed by atoms with Crippen molar-refractivity contribution >= 4 is 10.2 Å². The average Bonchev–Trinajstić information content (AvgIpc) is 2.57. The van der Waals surface area contributed by atoms with E-state index in [4.69, 9.17) is 14.2 Å². The summed E-state index contributed by atoms with van der Waals surface area (Å²) in [6.45, 7) is 2.11. The fourth-order valence-electron chi connectivity index (χ4n) is 2.73. The zero-order chi connectivity index (χ0) is 17.0. The van der Waals surface area contributed by atoms with Gasteiger partial charge in [0.25, 0.3) is 10.2 Å². The first-order valence-corrected chi connectivity index (χ1v) is 9.34. The van der Waals surface area contributed by atoms with Crippen LogP contribution in [-0.4, -0.2) is 64.4 Å². The molecule has 0 spiro atoms. The van der Waals surface area contributed by atoms with Gasteiger partial charge in [-0.2, -0.15) is 17.4 Å². The number of nitrogens with zero attached hydrogens (tertiary/aromatic N) is 1. The van der Waals surface area contributed by atoms with Gasteiger partial charge in [0.05, 0.1) is 25.9 Å². The number of hydrogen-bond acceptors (Lipinski definition) is 5.